The van der Waals surface area contributed by atoms with E-state index in [1.54, 1.807) is 0 Å². The zero-order chi connectivity index (χ0) is 26.9. The molecule has 0 radical (unpaired) electrons. The summed E-state index contributed by atoms with van der Waals surface area (Å²) in [6, 6.07) is 9.64. The molecule has 1 fully saturated rings. The second kappa shape index (κ2) is 30.5. The zero-order valence-corrected chi connectivity index (χ0v) is 30.5. The summed E-state index contributed by atoms with van der Waals surface area (Å²) in [6.45, 7) is 7.81. The molecular formula is C30H46CsNO6-2. The third-order valence-electron chi connectivity index (χ3n) is 5.22. The van der Waals surface area contributed by atoms with Crippen LogP contribution in [0.15, 0.2) is 42.5 Å². The number of carbonyl (C=O) groups excluding carboxylic acids is 4. The first-order valence-corrected chi connectivity index (χ1v) is 13.0. The standard InChI is InChI=1S/C13H15O2.C11H24.C5H4NO4.CH3.Cs/c1-2-3-5-10-13(14)15-11-12-8-6-4-7-9-12;1-3-5-7-9-11-10-8-6-4-2;7-3-10-6-4(8)1-2-5(6)9;;/h2-4,6-10H,5,11H2,1H3;3-11H2,1-2H3;1-2H2;1H3;/q-1;;2*-1;+1/b3-2+;;;;. The first-order chi connectivity index (χ1) is 17.5. The van der Waals surface area contributed by atoms with E-state index in [2.05, 4.69) is 18.7 Å². The number of hydrogen-bond acceptors (Lipinski definition) is 6. The van der Waals surface area contributed by atoms with E-state index in [1.807, 2.05) is 49.4 Å². The summed E-state index contributed by atoms with van der Waals surface area (Å²) in [7, 11) is 0. The van der Waals surface area contributed by atoms with Crippen molar-refractivity contribution < 1.29 is 97.6 Å². The normalized spacial score (nSPS) is 11.7. The van der Waals surface area contributed by atoms with E-state index in [0.29, 0.717) is 18.1 Å². The van der Waals surface area contributed by atoms with Crippen molar-refractivity contribution in [2.45, 2.75) is 104 Å². The third kappa shape index (κ3) is 24.0. The molecule has 2 rings (SSSR count). The van der Waals surface area contributed by atoms with Crippen molar-refractivity contribution in [2.24, 2.45) is 0 Å². The Morgan fingerprint density at radius 3 is 1.89 bits per heavy atom. The Bertz CT molecular complexity index is 730. The van der Waals surface area contributed by atoms with E-state index in [0.717, 1.165) is 12.0 Å². The van der Waals surface area contributed by atoms with Gasteiger partial charge in [-0.25, -0.2) is 0 Å². The molecule has 8 heteroatoms. The largest absolute Gasteiger partial charge is 1.00 e. The Hall–Kier alpha value is -1.04. The second-order valence-corrected chi connectivity index (χ2v) is 8.33. The number of nitrogens with zero attached hydrogens (tertiary/aromatic N) is 1. The molecule has 2 amide bonds. The van der Waals surface area contributed by atoms with Gasteiger partial charge in [0, 0.05) is 12.8 Å². The predicted octanol–water partition coefficient (Wildman–Crippen LogP) is 4.03. The molecule has 1 aromatic rings. The van der Waals surface area contributed by atoms with Crippen LogP contribution in [-0.2, 0) is 35.4 Å². The smallest absolute Gasteiger partial charge is 0.536 e. The Morgan fingerprint density at radius 2 is 1.45 bits per heavy atom. The maximum atomic E-state index is 11.2. The Labute approximate surface area is 289 Å². The van der Waals surface area contributed by atoms with Gasteiger partial charge in [0.2, 0.25) is 0 Å². The minimum Gasteiger partial charge on any atom is -0.536 e. The Kier molecular flexibility index (Phi) is 33.3. The van der Waals surface area contributed by atoms with Crippen molar-refractivity contribution in [1.82, 2.24) is 5.06 Å². The van der Waals surface area contributed by atoms with Gasteiger partial charge in [0.1, 0.15) is 6.61 Å². The minimum atomic E-state index is -0.492. The molecule has 210 valence electrons. The number of ether oxygens (including phenoxy) is 1. The van der Waals surface area contributed by atoms with E-state index in [4.69, 9.17) is 4.74 Å². The molecule has 1 saturated heterocycles. The number of amides is 2. The second-order valence-electron chi connectivity index (χ2n) is 8.33. The van der Waals surface area contributed by atoms with Crippen LogP contribution in [0.25, 0.3) is 0 Å². The quantitative estimate of drug-likeness (QED) is 0.0938. The first kappa shape index (κ1) is 41.4. The van der Waals surface area contributed by atoms with Gasteiger partial charge < -0.3 is 21.8 Å². The number of rotatable bonds is 15. The number of carbonyl (C=O) groups is 3. The van der Waals surface area contributed by atoms with Gasteiger partial charge in [-0.3, -0.25) is 20.8 Å². The zero-order valence-electron chi connectivity index (χ0n) is 24.2. The minimum absolute atomic E-state index is 0. The van der Waals surface area contributed by atoms with Crippen LogP contribution < -0.4 is 68.9 Å². The van der Waals surface area contributed by atoms with Crippen molar-refractivity contribution in [3.8, 4) is 0 Å². The molecule has 0 aliphatic carbocycles. The average molecular weight is 650 g/mol. The van der Waals surface area contributed by atoms with E-state index in [1.165, 1.54) is 64.2 Å². The fourth-order valence-corrected chi connectivity index (χ4v) is 3.17. The summed E-state index contributed by atoms with van der Waals surface area (Å²) in [5.41, 5.74) is 1.00. The van der Waals surface area contributed by atoms with E-state index in [-0.39, 0.29) is 95.1 Å². The fourth-order valence-electron chi connectivity index (χ4n) is 3.17. The molecule has 1 aliphatic heterocycles. The molecule has 7 nitrogen and oxygen atoms in total. The van der Waals surface area contributed by atoms with Crippen molar-refractivity contribution in [3.63, 3.8) is 0 Å². The van der Waals surface area contributed by atoms with Crippen LogP contribution >= 0.6 is 0 Å². The number of hydroxylamine groups is 2. The number of imide groups is 1. The van der Waals surface area contributed by atoms with Gasteiger partial charge in [-0.2, -0.15) is 0 Å². The van der Waals surface area contributed by atoms with E-state index in [9.17, 15) is 19.2 Å². The van der Waals surface area contributed by atoms with Crippen molar-refractivity contribution in [3.05, 3.63) is 61.9 Å². The van der Waals surface area contributed by atoms with Gasteiger partial charge in [0.15, 0.2) is 5.97 Å². The molecule has 1 aliphatic rings. The predicted molar refractivity (Wildman–Crippen MR) is 147 cm³/mol. The van der Waals surface area contributed by atoms with E-state index < -0.39 is 11.8 Å². The summed E-state index contributed by atoms with van der Waals surface area (Å²) in [5.74, 6) is -1.25. The SMILES string of the molecule is C/C=C/C[CH-]C(=O)OCc1ccccc1.CCCCCCCCCCC.O=[C-]ON1C(=O)CCC1=O.[CH3-].[Cs+]. The Balaban J connectivity index is -0.000000483. The molecule has 0 spiro atoms. The van der Waals surface area contributed by atoms with Crippen molar-refractivity contribution in [1.29, 1.82) is 0 Å². The van der Waals surface area contributed by atoms with Gasteiger partial charge >= 0.3 is 68.9 Å². The summed E-state index contributed by atoms with van der Waals surface area (Å²) in [4.78, 5) is 45.8. The fraction of sp³-hybridized carbons (Fsp3) is 0.533. The molecule has 0 bridgehead atoms. The van der Waals surface area contributed by atoms with Crippen LogP contribution in [0.5, 0.6) is 0 Å². The average Bonchev–Trinajstić information content (AvgIpc) is 3.21. The van der Waals surface area contributed by atoms with Crippen molar-refractivity contribution >= 4 is 24.3 Å². The van der Waals surface area contributed by atoms with Crippen LogP contribution in [0.4, 0.5) is 0 Å². The molecule has 0 atom stereocenters. The van der Waals surface area contributed by atoms with Crippen LogP contribution in [0, 0.1) is 13.8 Å². The van der Waals surface area contributed by atoms with Crippen LogP contribution in [-0.4, -0.2) is 29.3 Å². The maximum Gasteiger partial charge on any atom is 1.00 e. The third-order valence-corrected chi connectivity index (χ3v) is 5.22. The first-order valence-electron chi connectivity index (χ1n) is 13.0. The van der Waals surface area contributed by atoms with Gasteiger partial charge in [-0.05, 0) is 19.0 Å². The van der Waals surface area contributed by atoms with Gasteiger partial charge in [-0.15, -0.1) is 17.6 Å². The number of benzene rings is 1. The number of hydrogen-bond donors (Lipinski definition) is 0. The van der Waals surface area contributed by atoms with E-state index >= 15 is 0 Å². The molecule has 0 unspecified atom stereocenters. The number of esters is 1. The van der Waals surface area contributed by atoms with Crippen LogP contribution in [0.3, 0.4) is 0 Å². The van der Waals surface area contributed by atoms with Gasteiger partial charge in [0.05, 0.1) is 0 Å². The number of allylic oxidation sites excluding steroid dienone is 2. The maximum absolute atomic E-state index is 11.2. The molecular weight excluding hydrogens is 603 g/mol. The van der Waals surface area contributed by atoms with Gasteiger partial charge in [-0.1, -0.05) is 108 Å². The topological polar surface area (TPSA) is 90.0 Å². The monoisotopic (exact) mass is 649 g/mol. The molecule has 1 aromatic carbocycles. The van der Waals surface area contributed by atoms with Gasteiger partial charge in [0.25, 0.3) is 11.8 Å². The molecule has 0 saturated carbocycles. The summed E-state index contributed by atoms with van der Waals surface area (Å²) in [6.07, 6.45) is 19.1. The summed E-state index contributed by atoms with van der Waals surface area (Å²) >= 11 is 0. The Morgan fingerprint density at radius 1 is 0.947 bits per heavy atom. The number of unbranched alkanes of at least 4 members (excludes halogenated alkanes) is 8. The van der Waals surface area contributed by atoms with Crippen LogP contribution in [0.2, 0.25) is 0 Å². The molecule has 0 N–H and O–H groups in total. The molecule has 38 heavy (non-hydrogen) atoms. The van der Waals surface area contributed by atoms with Crippen molar-refractivity contribution in [2.75, 3.05) is 0 Å². The van der Waals surface area contributed by atoms with Crippen LogP contribution in [0.1, 0.15) is 103 Å². The summed E-state index contributed by atoms with van der Waals surface area (Å²) in [5, 5.41) is 0.424. The summed E-state index contributed by atoms with van der Waals surface area (Å²) < 4.78 is 5.05. The molecule has 1 heterocycles. The molecule has 0 aromatic heterocycles.